The van der Waals surface area contributed by atoms with Gasteiger partial charge in [0.2, 0.25) is 5.91 Å². The first-order chi connectivity index (χ1) is 8.66. The number of amides is 1. The Morgan fingerprint density at radius 3 is 2.05 bits per heavy atom. The van der Waals surface area contributed by atoms with Gasteiger partial charge in [-0.05, 0) is 33.1 Å². The van der Waals surface area contributed by atoms with Crippen molar-refractivity contribution in [3.63, 3.8) is 0 Å². The first-order valence-electron chi connectivity index (χ1n) is 6.80. The Balaban J connectivity index is 4.92. The Labute approximate surface area is 115 Å². The van der Waals surface area contributed by atoms with Gasteiger partial charge >= 0.3 is 5.97 Å². The fraction of sp³-hybridized carbons (Fsp3) is 0.857. The summed E-state index contributed by atoms with van der Waals surface area (Å²) in [6, 6.07) is 0.00394. The zero-order valence-electron chi connectivity index (χ0n) is 12.6. The fourth-order valence-electron chi connectivity index (χ4n) is 1.85. The minimum Gasteiger partial charge on any atom is -0.481 e. The number of carboxylic acids is 1. The van der Waals surface area contributed by atoms with Crippen LogP contribution in [0.4, 0.5) is 0 Å². The van der Waals surface area contributed by atoms with Gasteiger partial charge in [0.25, 0.3) is 0 Å². The van der Waals surface area contributed by atoms with Gasteiger partial charge in [0.15, 0.2) is 0 Å². The Hall–Kier alpha value is -1.10. The van der Waals surface area contributed by atoms with Crippen molar-refractivity contribution in [3.8, 4) is 0 Å². The maximum Gasteiger partial charge on any atom is 0.310 e. The molecule has 0 saturated carbocycles. The van der Waals surface area contributed by atoms with Crippen LogP contribution in [0, 0.1) is 11.3 Å². The molecule has 5 heteroatoms. The smallest absolute Gasteiger partial charge is 0.310 e. The average molecular weight is 273 g/mol. The number of carboxylic acid groups (broad SMARTS) is 1. The topological polar surface area (TPSA) is 77.8 Å². The van der Waals surface area contributed by atoms with Gasteiger partial charge in [-0.25, -0.2) is 0 Å². The molecule has 0 aliphatic heterocycles. The van der Waals surface area contributed by atoms with E-state index in [0.717, 1.165) is 0 Å². The monoisotopic (exact) mass is 273 g/mol. The Kier molecular flexibility index (Phi) is 7.05. The SMILES string of the molecule is CC(C)N(CCCO)C(=O)CC(C)(C(=O)O)C(C)C. The number of hydrogen-bond acceptors (Lipinski definition) is 3. The Morgan fingerprint density at radius 2 is 1.74 bits per heavy atom. The van der Waals surface area contributed by atoms with E-state index in [1.54, 1.807) is 11.8 Å². The molecule has 19 heavy (non-hydrogen) atoms. The van der Waals surface area contributed by atoms with Gasteiger partial charge in [-0.15, -0.1) is 0 Å². The summed E-state index contributed by atoms with van der Waals surface area (Å²) in [4.78, 5) is 25.3. The molecule has 0 aliphatic rings. The molecule has 1 atom stereocenters. The van der Waals surface area contributed by atoms with Crippen molar-refractivity contribution in [1.82, 2.24) is 4.90 Å². The molecule has 0 spiro atoms. The van der Waals surface area contributed by atoms with Gasteiger partial charge in [-0.1, -0.05) is 13.8 Å². The van der Waals surface area contributed by atoms with Crippen molar-refractivity contribution in [2.75, 3.05) is 13.2 Å². The van der Waals surface area contributed by atoms with E-state index < -0.39 is 11.4 Å². The number of aliphatic hydroxyl groups excluding tert-OH is 1. The lowest BCUT2D eigenvalue weighted by atomic mass is 9.76. The summed E-state index contributed by atoms with van der Waals surface area (Å²) in [5.74, 6) is -1.23. The van der Waals surface area contributed by atoms with Crippen LogP contribution in [-0.4, -0.2) is 46.2 Å². The molecule has 1 unspecified atom stereocenters. The molecule has 2 N–H and O–H groups in total. The maximum atomic E-state index is 12.3. The van der Waals surface area contributed by atoms with E-state index in [1.807, 2.05) is 27.7 Å². The van der Waals surface area contributed by atoms with Crippen LogP contribution < -0.4 is 0 Å². The van der Waals surface area contributed by atoms with Gasteiger partial charge in [-0.3, -0.25) is 9.59 Å². The van der Waals surface area contributed by atoms with Crippen LogP contribution in [0.5, 0.6) is 0 Å². The summed E-state index contributed by atoms with van der Waals surface area (Å²) in [6.07, 6.45) is 0.499. The minimum absolute atomic E-state index is 0.00394. The summed E-state index contributed by atoms with van der Waals surface area (Å²) < 4.78 is 0. The number of carbonyl (C=O) groups is 2. The lowest BCUT2D eigenvalue weighted by Crippen LogP contribution is -2.44. The highest BCUT2D eigenvalue weighted by Crippen LogP contribution is 2.32. The van der Waals surface area contributed by atoms with E-state index in [0.29, 0.717) is 13.0 Å². The summed E-state index contributed by atoms with van der Waals surface area (Å²) in [6.45, 7) is 9.51. The second-order valence-corrected chi connectivity index (χ2v) is 5.81. The third-order valence-corrected chi connectivity index (χ3v) is 3.78. The molecular weight excluding hydrogens is 246 g/mol. The molecule has 0 saturated heterocycles. The van der Waals surface area contributed by atoms with Crippen LogP contribution in [-0.2, 0) is 9.59 Å². The molecule has 0 aromatic rings. The Morgan fingerprint density at radius 1 is 1.21 bits per heavy atom. The predicted molar refractivity (Wildman–Crippen MR) is 73.7 cm³/mol. The van der Waals surface area contributed by atoms with Crippen LogP contribution in [0.3, 0.4) is 0 Å². The third-order valence-electron chi connectivity index (χ3n) is 3.78. The van der Waals surface area contributed by atoms with Crippen LogP contribution in [0.15, 0.2) is 0 Å². The van der Waals surface area contributed by atoms with Gasteiger partial charge < -0.3 is 15.1 Å². The van der Waals surface area contributed by atoms with Crippen LogP contribution >= 0.6 is 0 Å². The van der Waals surface area contributed by atoms with E-state index in [9.17, 15) is 14.7 Å². The molecule has 1 amide bonds. The molecule has 0 rings (SSSR count). The van der Waals surface area contributed by atoms with Crippen molar-refractivity contribution in [2.45, 2.75) is 53.5 Å². The van der Waals surface area contributed by atoms with E-state index in [4.69, 9.17) is 5.11 Å². The molecule has 0 fully saturated rings. The summed E-state index contributed by atoms with van der Waals surface area (Å²) in [7, 11) is 0. The quantitative estimate of drug-likeness (QED) is 0.706. The molecular formula is C14H27NO4. The number of aliphatic carboxylic acids is 1. The minimum atomic E-state index is -1.05. The zero-order valence-corrected chi connectivity index (χ0v) is 12.6. The molecule has 0 heterocycles. The summed E-state index contributed by atoms with van der Waals surface area (Å²) in [5.41, 5.74) is -1.05. The lowest BCUT2D eigenvalue weighted by molar-refractivity contribution is -0.156. The predicted octanol–water partition coefficient (Wildman–Crippen LogP) is 1.74. The molecule has 0 aliphatic carbocycles. The van der Waals surface area contributed by atoms with E-state index in [2.05, 4.69) is 0 Å². The normalized spacial score (nSPS) is 14.5. The standard InChI is InChI=1S/C14H27NO4/c1-10(2)14(5,13(18)19)9-12(17)15(11(3)4)7-6-8-16/h10-11,16H,6-9H2,1-5H3,(H,18,19). The second kappa shape index (κ2) is 7.48. The van der Waals surface area contributed by atoms with Crippen molar-refractivity contribution < 1.29 is 19.8 Å². The highest BCUT2D eigenvalue weighted by atomic mass is 16.4. The van der Waals surface area contributed by atoms with Gasteiger partial charge in [-0.2, -0.15) is 0 Å². The van der Waals surface area contributed by atoms with E-state index >= 15 is 0 Å². The number of carbonyl (C=O) groups excluding carboxylic acids is 1. The number of hydrogen-bond donors (Lipinski definition) is 2. The Bertz CT molecular complexity index is 315. The van der Waals surface area contributed by atoms with E-state index in [-0.39, 0.29) is 30.9 Å². The first kappa shape index (κ1) is 17.9. The summed E-state index contributed by atoms with van der Waals surface area (Å²) in [5, 5.41) is 18.2. The van der Waals surface area contributed by atoms with Gasteiger partial charge in [0.05, 0.1) is 5.41 Å². The van der Waals surface area contributed by atoms with Crippen LogP contribution in [0.2, 0.25) is 0 Å². The molecule has 0 aromatic carbocycles. The molecule has 5 nitrogen and oxygen atoms in total. The van der Waals surface area contributed by atoms with Crippen LogP contribution in [0.1, 0.15) is 47.5 Å². The zero-order chi connectivity index (χ0) is 15.2. The first-order valence-corrected chi connectivity index (χ1v) is 6.80. The number of aliphatic hydroxyl groups is 1. The molecule has 0 aromatic heterocycles. The van der Waals surface area contributed by atoms with Crippen molar-refractivity contribution in [3.05, 3.63) is 0 Å². The maximum absolute atomic E-state index is 12.3. The van der Waals surface area contributed by atoms with E-state index in [1.165, 1.54) is 0 Å². The largest absolute Gasteiger partial charge is 0.481 e. The van der Waals surface area contributed by atoms with Crippen molar-refractivity contribution >= 4 is 11.9 Å². The average Bonchev–Trinajstić information content (AvgIpc) is 2.28. The van der Waals surface area contributed by atoms with Crippen molar-refractivity contribution in [1.29, 1.82) is 0 Å². The number of rotatable bonds is 8. The number of nitrogens with zero attached hydrogens (tertiary/aromatic N) is 1. The third kappa shape index (κ3) is 4.82. The lowest BCUT2D eigenvalue weighted by Gasteiger charge is -2.33. The van der Waals surface area contributed by atoms with Crippen molar-refractivity contribution in [2.24, 2.45) is 11.3 Å². The second-order valence-electron chi connectivity index (χ2n) is 5.81. The highest BCUT2D eigenvalue weighted by Gasteiger charge is 2.40. The highest BCUT2D eigenvalue weighted by molar-refractivity contribution is 5.85. The van der Waals surface area contributed by atoms with Gasteiger partial charge in [0, 0.05) is 25.6 Å². The molecule has 0 bridgehead atoms. The molecule has 112 valence electrons. The molecule has 0 radical (unpaired) electrons. The fourth-order valence-corrected chi connectivity index (χ4v) is 1.85. The van der Waals surface area contributed by atoms with Crippen LogP contribution in [0.25, 0.3) is 0 Å². The van der Waals surface area contributed by atoms with Gasteiger partial charge in [0.1, 0.15) is 0 Å². The summed E-state index contributed by atoms with van der Waals surface area (Å²) >= 11 is 0.